The average molecular weight is 278 g/mol. The number of anilines is 1. The fraction of sp³-hybridized carbons (Fsp3) is 0.462. The number of primary amides is 1. The summed E-state index contributed by atoms with van der Waals surface area (Å²) in [5.74, 6) is -0.589. The van der Waals surface area contributed by atoms with Crippen molar-refractivity contribution in [2.45, 2.75) is 19.4 Å². The van der Waals surface area contributed by atoms with Crippen molar-refractivity contribution in [3.05, 3.63) is 33.9 Å². The van der Waals surface area contributed by atoms with E-state index in [1.54, 1.807) is 0 Å². The molecule has 1 amide bonds. The first kappa shape index (κ1) is 14.3. The van der Waals surface area contributed by atoms with Gasteiger partial charge in [-0.1, -0.05) is 0 Å². The predicted molar refractivity (Wildman–Crippen MR) is 75.9 cm³/mol. The Morgan fingerprint density at radius 3 is 2.75 bits per heavy atom. The minimum Gasteiger partial charge on any atom is -0.366 e. The highest BCUT2D eigenvalue weighted by atomic mass is 16.6. The molecule has 1 aliphatic rings. The number of nitro benzene ring substituents is 1. The van der Waals surface area contributed by atoms with Crippen LogP contribution in [0.5, 0.6) is 0 Å². The van der Waals surface area contributed by atoms with Crippen molar-refractivity contribution in [2.24, 2.45) is 5.73 Å². The van der Waals surface area contributed by atoms with E-state index in [-0.39, 0.29) is 16.8 Å². The van der Waals surface area contributed by atoms with Gasteiger partial charge in [-0.15, -0.1) is 0 Å². The van der Waals surface area contributed by atoms with E-state index >= 15 is 0 Å². The summed E-state index contributed by atoms with van der Waals surface area (Å²) < 4.78 is 0. The average Bonchev–Trinajstić information content (AvgIpc) is 2.37. The monoisotopic (exact) mass is 278 g/mol. The van der Waals surface area contributed by atoms with Gasteiger partial charge in [0.15, 0.2) is 0 Å². The summed E-state index contributed by atoms with van der Waals surface area (Å²) in [5, 5.41) is 14.5. The Kier molecular flexibility index (Phi) is 3.63. The lowest BCUT2D eigenvalue weighted by Gasteiger charge is -2.44. The Labute approximate surface area is 116 Å². The lowest BCUT2D eigenvalue weighted by molar-refractivity contribution is -0.384. The van der Waals surface area contributed by atoms with Crippen molar-refractivity contribution in [3.8, 4) is 0 Å². The van der Waals surface area contributed by atoms with E-state index in [2.05, 4.69) is 5.32 Å². The molecule has 1 heterocycles. The van der Waals surface area contributed by atoms with Crippen LogP contribution in [0.2, 0.25) is 0 Å². The molecule has 1 fully saturated rings. The second-order valence-electron chi connectivity index (χ2n) is 5.47. The Balaban J connectivity index is 2.54. The van der Waals surface area contributed by atoms with Crippen molar-refractivity contribution >= 4 is 17.3 Å². The van der Waals surface area contributed by atoms with Gasteiger partial charge in [0, 0.05) is 36.8 Å². The molecule has 108 valence electrons. The predicted octanol–water partition coefficient (Wildman–Crippen LogP) is 0.882. The largest absolute Gasteiger partial charge is 0.366 e. The normalized spacial score (nSPS) is 17.8. The molecule has 1 aromatic rings. The van der Waals surface area contributed by atoms with Crippen molar-refractivity contribution in [1.29, 1.82) is 0 Å². The number of nitrogens with zero attached hydrogens (tertiary/aromatic N) is 2. The molecule has 2 rings (SSSR count). The first-order chi connectivity index (χ1) is 9.33. The zero-order valence-electron chi connectivity index (χ0n) is 11.5. The summed E-state index contributed by atoms with van der Waals surface area (Å²) in [6.07, 6.45) is 0. The third kappa shape index (κ3) is 2.57. The van der Waals surface area contributed by atoms with Crippen molar-refractivity contribution in [3.63, 3.8) is 0 Å². The quantitative estimate of drug-likeness (QED) is 0.631. The molecular weight excluding hydrogens is 260 g/mol. The maximum atomic E-state index is 11.3. The molecule has 7 nitrogen and oxygen atoms in total. The lowest BCUT2D eigenvalue weighted by Crippen LogP contribution is -2.58. The Bertz CT molecular complexity index is 557. The summed E-state index contributed by atoms with van der Waals surface area (Å²) in [4.78, 5) is 24.0. The number of hydrogen-bond donors (Lipinski definition) is 2. The van der Waals surface area contributed by atoms with E-state index in [4.69, 9.17) is 5.73 Å². The maximum absolute atomic E-state index is 11.3. The van der Waals surface area contributed by atoms with Crippen LogP contribution in [0.3, 0.4) is 0 Å². The van der Waals surface area contributed by atoms with Crippen LogP contribution in [-0.2, 0) is 0 Å². The van der Waals surface area contributed by atoms with Crippen molar-refractivity contribution < 1.29 is 9.72 Å². The minimum absolute atomic E-state index is 0.00928. The van der Waals surface area contributed by atoms with Crippen molar-refractivity contribution in [1.82, 2.24) is 5.32 Å². The number of piperazine rings is 1. The van der Waals surface area contributed by atoms with Gasteiger partial charge >= 0.3 is 0 Å². The number of carbonyl (C=O) groups is 1. The van der Waals surface area contributed by atoms with Gasteiger partial charge in [0.25, 0.3) is 5.69 Å². The summed E-state index contributed by atoms with van der Waals surface area (Å²) >= 11 is 0. The second kappa shape index (κ2) is 5.09. The molecule has 1 aromatic carbocycles. The smallest absolute Gasteiger partial charge is 0.292 e. The Hall–Kier alpha value is -2.15. The SMILES string of the molecule is CC1(C)CNCCN1c1cc(C(N)=O)ccc1[N+](=O)[O-]. The summed E-state index contributed by atoms with van der Waals surface area (Å²) in [6.45, 7) is 6.09. The standard InChI is InChI=1S/C13H18N4O3/c1-13(2)8-15-5-6-16(13)11-7-9(12(14)18)3-4-10(11)17(19)20/h3-4,7,15H,5-6,8H2,1-2H3,(H2,14,18). The van der Waals surface area contributed by atoms with Crippen LogP contribution >= 0.6 is 0 Å². The molecule has 0 spiro atoms. The zero-order chi connectivity index (χ0) is 14.9. The van der Waals surface area contributed by atoms with Gasteiger partial charge in [-0.25, -0.2) is 0 Å². The molecule has 0 unspecified atom stereocenters. The van der Waals surface area contributed by atoms with Crippen LogP contribution in [0.25, 0.3) is 0 Å². The van der Waals surface area contributed by atoms with Gasteiger partial charge in [-0.3, -0.25) is 14.9 Å². The number of amides is 1. The summed E-state index contributed by atoms with van der Waals surface area (Å²) in [5.41, 5.74) is 5.70. The number of rotatable bonds is 3. The highest BCUT2D eigenvalue weighted by Crippen LogP contribution is 2.34. The molecule has 1 aliphatic heterocycles. The fourth-order valence-electron chi connectivity index (χ4n) is 2.48. The molecule has 0 aromatic heterocycles. The fourth-order valence-corrected chi connectivity index (χ4v) is 2.48. The van der Waals surface area contributed by atoms with E-state index in [1.165, 1.54) is 18.2 Å². The van der Waals surface area contributed by atoms with Crippen LogP contribution in [0, 0.1) is 10.1 Å². The van der Waals surface area contributed by atoms with E-state index in [9.17, 15) is 14.9 Å². The molecule has 7 heteroatoms. The van der Waals surface area contributed by atoms with Gasteiger partial charge in [-0.05, 0) is 26.0 Å². The van der Waals surface area contributed by atoms with Crippen LogP contribution in [0.1, 0.15) is 24.2 Å². The second-order valence-corrected chi connectivity index (χ2v) is 5.47. The van der Waals surface area contributed by atoms with Crippen LogP contribution in [-0.4, -0.2) is 36.0 Å². The molecule has 0 atom stereocenters. The minimum atomic E-state index is -0.589. The molecule has 0 radical (unpaired) electrons. The van der Waals surface area contributed by atoms with Gasteiger partial charge in [-0.2, -0.15) is 0 Å². The third-order valence-corrected chi connectivity index (χ3v) is 3.55. The number of nitrogens with two attached hydrogens (primary N) is 1. The summed E-state index contributed by atoms with van der Waals surface area (Å²) in [6, 6.07) is 4.24. The molecule has 0 bridgehead atoms. The number of carbonyl (C=O) groups excluding carboxylic acids is 1. The highest BCUT2D eigenvalue weighted by Gasteiger charge is 2.34. The number of nitrogens with one attached hydrogen (secondary N) is 1. The topological polar surface area (TPSA) is 102 Å². The molecule has 1 saturated heterocycles. The Morgan fingerprint density at radius 2 is 2.20 bits per heavy atom. The molecular formula is C13H18N4O3. The Morgan fingerprint density at radius 1 is 1.50 bits per heavy atom. The van der Waals surface area contributed by atoms with Crippen molar-refractivity contribution in [2.75, 3.05) is 24.5 Å². The number of hydrogen-bond acceptors (Lipinski definition) is 5. The van der Waals surface area contributed by atoms with Gasteiger partial charge in [0.1, 0.15) is 5.69 Å². The van der Waals surface area contributed by atoms with Gasteiger partial charge in [0.05, 0.1) is 4.92 Å². The lowest BCUT2D eigenvalue weighted by atomic mass is 9.98. The van der Waals surface area contributed by atoms with Crippen LogP contribution < -0.4 is 16.0 Å². The molecule has 3 N–H and O–H groups in total. The summed E-state index contributed by atoms with van der Waals surface area (Å²) in [7, 11) is 0. The van der Waals surface area contributed by atoms with Gasteiger partial charge in [0.2, 0.25) is 5.91 Å². The van der Waals surface area contributed by atoms with E-state index in [1.807, 2.05) is 18.7 Å². The molecule has 0 saturated carbocycles. The first-order valence-electron chi connectivity index (χ1n) is 6.39. The highest BCUT2D eigenvalue weighted by molar-refractivity contribution is 5.94. The van der Waals surface area contributed by atoms with E-state index < -0.39 is 10.8 Å². The van der Waals surface area contributed by atoms with E-state index in [0.717, 1.165) is 6.54 Å². The molecule has 0 aliphatic carbocycles. The van der Waals surface area contributed by atoms with E-state index in [0.29, 0.717) is 18.8 Å². The zero-order valence-corrected chi connectivity index (χ0v) is 11.5. The van der Waals surface area contributed by atoms with Crippen LogP contribution in [0.15, 0.2) is 18.2 Å². The third-order valence-electron chi connectivity index (χ3n) is 3.55. The number of nitro groups is 1. The van der Waals surface area contributed by atoms with Crippen LogP contribution in [0.4, 0.5) is 11.4 Å². The number of benzene rings is 1. The maximum Gasteiger partial charge on any atom is 0.292 e. The first-order valence-corrected chi connectivity index (χ1v) is 6.39. The van der Waals surface area contributed by atoms with Gasteiger partial charge < -0.3 is 16.0 Å². The molecule has 20 heavy (non-hydrogen) atoms.